The Morgan fingerprint density at radius 3 is 2.22 bits per heavy atom. The molecule has 1 aliphatic carbocycles. The molecule has 0 unspecified atom stereocenters. The van der Waals surface area contributed by atoms with Gasteiger partial charge in [0.15, 0.2) is 0 Å². The summed E-state index contributed by atoms with van der Waals surface area (Å²) in [6.45, 7) is 2.10. The molecule has 1 rings (SSSR count). The molecule has 1 atom stereocenters. The normalized spacial score (nSPS) is 17.9. The molecule has 0 saturated heterocycles. The molecule has 0 aliphatic heterocycles. The zero-order chi connectivity index (χ0) is 13.9. The van der Waals surface area contributed by atoms with Crippen LogP contribution in [0.2, 0.25) is 0 Å². The monoisotopic (exact) mass is 258 g/mol. The zero-order valence-electron chi connectivity index (χ0n) is 10.3. The predicted octanol–water partition coefficient (Wildman–Crippen LogP) is -0.356. The van der Waals surface area contributed by atoms with Crippen LogP contribution in [0.15, 0.2) is 0 Å². The minimum Gasteiger partial charge on any atom is -0.481 e. The van der Waals surface area contributed by atoms with Gasteiger partial charge in [-0.2, -0.15) is 0 Å². The van der Waals surface area contributed by atoms with Crippen LogP contribution in [0.4, 0.5) is 0 Å². The summed E-state index contributed by atoms with van der Waals surface area (Å²) in [4.78, 5) is 35.0. The van der Waals surface area contributed by atoms with E-state index < -0.39 is 35.8 Å². The molecule has 1 saturated carbocycles. The lowest BCUT2D eigenvalue weighted by atomic mass is 10.1. The van der Waals surface area contributed by atoms with Crippen LogP contribution in [-0.2, 0) is 14.4 Å². The third-order valence-corrected chi connectivity index (χ3v) is 3.06. The lowest BCUT2D eigenvalue weighted by Crippen LogP contribution is -2.53. The first-order valence-corrected chi connectivity index (χ1v) is 5.87. The molecule has 0 spiro atoms. The van der Waals surface area contributed by atoms with Crippen molar-refractivity contribution in [3.63, 3.8) is 0 Å². The molecule has 1 aliphatic rings. The number of rotatable bonds is 7. The number of amides is 1. The van der Waals surface area contributed by atoms with Crippen molar-refractivity contribution >= 4 is 17.8 Å². The summed E-state index contributed by atoms with van der Waals surface area (Å²) >= 11 is 0. The summed E-state index contributed by atoms with van der Waals surface area (Å²) < 4.78 is 0. The fourth-order valence-electron chi connectivity index (χ4n) is 1.95. The molecule has 7 heteroatoms. The molecule has 0 aromatic carbocycles. The molecule has 7 nitrogen and oxygen atoms in total. The summed E-state index contributed by atoms with van der Waals surface area (Å²) in [6.07, 6.45) is 0.900. The molecule has 0 aromatic rings. The van der Waals surface area contributed by atoms with Crippen LogP contribution in [0.3, 0.4) is 0 Å². The summed E-state index contributed by atoms with van der Waals surface area (Å²) in [5, 5.41) is 17.8. The molecule has 0 aromatic heterocycles. The van der Waals surface area contributed by atoms with Crippen molar-refractivity contribution in [1.82, 2.24) is 4.90 Å². The minimum atomic E-state index is -1.19. The Labute approximate surface area is 105 Å². The Morgan fingerprint density at radius 1 is 1.33 bits per heavy atom. The number of carboxylic acid groups (broad SMARTS) is 2. The molecule has 0 heterocycles. The second kappa shape index (κ2) is 5.34. The fourth-order valence-corrected chi connectivity index (χ4v) is 1.95. The number of carbonyl (C=O) groups excluding carboxylic acids is 1. The topological polar surface area (TPSA) is 121 Å². The quantitative estimate of drug-likeness (QED) is 0.573. The number of nitrogens with zero attached hydrogens (tertiary/aromatic N) is 1. The predicted molar refractivity (Wildman–Crippen MR) is 61.8 cm³/mol. The van der Waals surface area contributed by atoms with E-state index in [0.29, 0.717) is 19.3 Å². The molecular weight excluding hydrogens is 240 g/mol. The standard InChI is InChI=1S/C11H18N2O5/c1-2-5-13(11(3-4-11)10(17)18)9(16)7(12)6-8(14)15/h7H,2-6,12H2,1H3,(H,14,15)(H,17,18)/t7-/m0/s1. The number of carbonyl (C=O) groups is 3. The minimum absolute atomic E-state index is 0.276. The van der Waals surface area contributed by atoms with Crippen molar-refractivity contribution in [3.05, 3.63) is 0 Å². The Hall–Kier alpha value is -1.63. The van der Waals surface area contributed by atoms with Gasteiger partial charge in [0.05, 0.1) is 12.5 Å². The molecule has 0 radical (unpaired) electrons. The van der Waals surface area contributed by atoms with E-state index in [9.17, 15) is 14.4 Å². The second-order valence-electron chi connectivity index (χ2n) is 4.53. The number of hydrogen-bond acceptors (Lipinski definition) is 4. The van der Waals surface area contributed by atoms with Gasteiger partial charge in [0.1, 0.15) is 5.54 Å². The zero-order valence-corrected chi connectivity index (χ0v) is 10.3. The molecule has 18 heavy (non-hydrogen) atoms. The van der Waals surface area contributed by atoms with Gasteiger partial charge in [-0.05, 0) is 19.3 Å². The van der Waals surface area contributed by atoms with Gasteiger partial charge in [0, 0.05) is 6.54 Å². The average molecular weight is 258 g/mol. The largest absolute Gasteiger partial charge is 0.481 e. The number of aliphatic carboxylic acids is 2. The lowest BCUT2D eigenvalue weighted by molar-refractivity contribution is -0.153. The number of carboxylic acids is 2. The molecule has 102 valence electrons. The van der Waals surface area contributed by atoms with Crippen molar-refractivity contribution in [2.45, 2.75) is 44.2 Å². The SMILES string of the molecule is CCCN(C(=O)[C@@H](N)CC(=O)O)C1(C(=O)O)CC1. The van der Waals surface area contributed by atoms with Crippen LogP contribution in [-0.4, -0.2) is 51.1 Å². The summed E-state index contributed by atoms with van der Waals surface area (Å²) in [5.74, 6) is -2.82. The van der Waals surface area contributed by atoms with Crippen LogP contribution in [0, 0.1) is 0 Å². The van der Waals surface area contributed by atoms with E-state index in [1.807, 2.05) is 6.92 Å². The first-order chi connectivity index (χ1) is 8.35. The van der Waals surface area contributed by atoms with Crippen LogP contribution in [0.5, 0.6) is 0 Å². The maximum absolute atomic E-state index is 12.0. The average Bonchev–Trinajstić information content (AvgIpc) is 3.05. The van der Waals surface area contributed by atoms with Gasteiger partial charge in [-0.1, -0.05) is 6.92 Å². The maximum Gasteiger partial charge on any atom is 0.329 e. The lowest BCUT2D eigenvalue weighted by Gasteiger charge is -2.30. The van der Waals surface area contributed by atoms with Gasteiger partial charge in [0.2, 0.25) is 5.91 Å². The second-order valence-corrected chi connectivity index (χ2v) is 4.53. The van der Waals surface area contributed by atoms with Gasteiger partial charge in [-0.25, -0.2) is 4.79 Å². The van der Waals surface area contributed by atoms with Crippen molar-refractivity contribution in [2.24, 2.45) is 5.73 Å². The summed E-state index contributed by atoms with van der Waals surface area (Å²) in [6, 6.07) is -1.19. The van der Waals surface area contributed by atoms with Crippen molar-refractivity contribution in [3.8, 4) is 0 Å². The van der Waals surface area contributed by atoms with E-state index in [1.54, 1.807) is 0 Å². The van der Waals surface area contributed by atoms with Crippen LogP contribution >= 0.6 is 0 Å². The van der Waals surface area contributed by atoms with Crippen LogP contribution in [0.25, 0.3) is 0 Å². The first kappa shape index (κ1) is 14.4. The summed E-state index contributed by atoms with van der Waals surface area (Å²) in [7, 11) is 0. The highest BCUT2D eigenvalue weighted by molar-refractivity contribution is 5.93. The van der Waals surface area contributed by atoms with Gasteiger partial charge >= 0.3 is 11.9 Å². The van der Waals surface area contributed by atoms with E-state index in [-0.39, 0.29) is 6.54 Å². The molecule has 0 bridgehead atoms. The fraction of sp³-hybridized carbons (Fsp3) is 0.727. The molecule has 1 fully saturated rings. The first-order valence-electron chi connectivity index (χ1n) is 5.87. The van der Waals surface area contributed by atoms with Crippen LogP contribution < -0.4 is 5.73 Å². The van der Waals surface area contributed by atoms with Gasteiger partial charge in [-0.15, -0.1) is 0 Å². The highest BCUT2D eigenvalue weighted by Crippen LogP contribution is 2.42. The Morgan fingerprint density at radius 2 is 1.89 bits per heavy atom. The third kappa shape index (κ3) is 2.79. The van der Waals surface area contributed by atoms with Crippen molar-refractivity contribution in [2.75, 3.05) is 6.54 Å². The molecular formula is C11H18N2O5. The molecule has 1 amide bonds. The van der Waals surface area contributed by atoms with Crippen molar-refractivity contribution in [1.29, 1.82) is 0 Å². The van der Waals surface area contributed by atoms with Crippen molar-refractivity contribution < 1.29 is 24.6 Å². The van der Waals surface area contributed by atoms with Gasteiger partial charge in [0.25, 0.3) is 0 Å². The Kier molecular flexibility index (Phi) is 4.28. The van der Waals surface area contributed by atoms with Gasteiger partial charge < -0.3 is 20.8 Å². The van der Waals surface area contributed by atoms with E-state index in [4.69, 9.17) is 15.9 Å². The highest BCUT2D eigenvalue weighted by atomic mass is 16.4. The third-order valence-electron chi connectivity index (χ3n) is 3.06. The number of hydrogen-bond donors (Lipinski definition) is 3. The summed E-state index contributed by atoms with van der Waals surface area (Å²) in [5.41, 5.74) is 4.35. The smallest absolute Gasteiger partial charge is 0.329 e. The number of nitrogens with two attached hydrogens (primary N) is 1. The van der Waals surface area contributed by atoms with Crippen LogP contribution in [0.1, 0.15) is 32.6 Å². The van der Waals surface area contributed by atoms with E-state index in [0.717, 1.165) is 0 Å². The Balaban J connectivity index is 2.82. The molecule has 4 N–H and O–H groups in total. The van der Waals surface area contributed by atoms with Gasteiger partial charge in [-0.3, -0.25) is 9.59 Å². The Bertz CT molecular complexity index is 364. The van der Waals surface area contributed by atoms with E-state index >= 15 is 0 Å². The highest BCUT2D eigenvalue weighted by Gasteiger charge is 2.57. The van der Waals surface area contributed by atoms with E-state index in [1.165, 1.54) is 4.90 Å². The maximum atomic E-state index is 12.0. The van der Waals surface area contributed by atoms with E-state index in [2.05, 4.69) is 0 Å².